The molecule has 0 aliphatic rings. The zero-order chi connectivity index (χ0) is 10.6. The zero-order valence-corrected chi connectivity index (χ0v) is 10.1. The van der Waals surface area contributed by atoms with Crippen molar-refractivity contribution in [2.24, 2.45) is 5.92 Å². The minimum atomic E-state index is 0.0347. The first-order valence-corrected chi connectivity index (χ1v) is 5.63. The molecule has 0 bridgehead atoms. The van der Waals surface area contributed by atoms with Gasteiger partial charge in [0, 0.05) is 10.4 Å². The summed E-state index contributed by atoms with van der Waals surface area (Å²) in [7, 11) is 0. The fraction of sp³-hybridized carbons (Fsp3) is 0.417. The summed E-state index contributed by atoms with van der Waals surface area (Å²) in [6, 6.07) is 7.96. The highest BCUT2D eigenvalue weighted by Gasteiger charge is 2.12. The van der Waals surface area contributed by atoms with Crippen molar-refractivity contribution in [1.29, 1.82) is 0 Å². The molecular weight excluding hydrogens is 240 g/mol. The minimum absolute atomic E-state index is 0.0347. The first kappa shape index (κ1) is 11.4. The van der Waals surface area contributed by atoms with Gasteiger partial charge in [0.2, 0.25) is 0 Å². The lowest BCUT2D eigenvalue weighted by molar-refractivity contribution is -0.109. The number of aldehydes is 1. The summed E-state index contributed by atoms with van der Waals surface area (Å²) in [6.07, 6.45) is 1.96. The predicted octanol–water partition coefficient (Wildman–Crippen LogP) is 3.78. The predicted molar refractivity (Wildman–Crippen MR) is 62.4 cm³/mol. The second-order valence-corrected chi connectivity index (χ2v) is 4.84. The largest absolute Gasteiger partial charge is 0.303 e. The van der Waals surface area contributed by atoms with Crippen LogP contribution in [0.2, 0.25) is 0 Å². The molecule has 1 unspecified atom stereocenters. The Labute approximate surface area is 93.7 Å². The van der Waals surface area contributed by atoms with Crippen LogP contribution in [0.5, 0.6) is 0 Å². The molecule has 0 amide bonds. The molecule has 0 saturated heterocycles. The van der Waals surface area contributed by atoms with Crippen LogP contribution in [-0.2, 0) is 4.79 Å². The van der Waals surface area contributed by atoms with E-state index in [1.165, 1.54) is 0 Å². The Morgan fingerprint density at radius 1 is 1.43 bits per heavy atom. The van der Waals surface area contributed by atoms with Gasteiger partial charge in [-0.15, -0.1) is 0 Å². The maximum absolute atomic E-state index is 10.9. The van der Waals surface area contributed by atoms with E-state index in [9.17, 15) is 4.79 Å². The van der Waals surface area contributed by atoms with Gasteiger partial charge in [0.1, 0.15) is 6.29 Å². The molecule has 1 atom stereocenters. The van der Waals surface area contributed by atoms with Crippen LogP contribution in [0.4, 0.5) is 0 Å². The summed E-state index contributed by atoms with van der Waals surface area (Å²) in [5, 5.41) is 0. The van der Waals surface area contributed by atoms with Crippen molar-refractivity contribution in [3.05, 3.63) is 34.3 Å². The number of benzene rings is 1. The fourth-order valence-corrected chi connectivity index (χ4v) is 1.93. The summed E-state index contributed by atoms with van der Waals surface area (Å²) >= 11 is 3.41. The lowest BCUT2D eigenvalue weighted by Gasteiger charge is -2.13. The van der Waals surface area contributed by atoms with Gasteiger partial charge in [-0.1, -0.05) is 41.9 Å². The van der Waals surface area contributed by atoms with Gasteiger partial charge in [-0.3, -0.25) is 0 Å². The zero-order valence-electron chi connectivity index (χ0n) is 8.53. The van der Waals surface area contributed by atoms with Crippen molar-refractivity contribution in [1.82, 2.24) is 0 Å². The van der Waals surface area contributed by atoms with Crippen molar-refractivity contribution in [3.63, 3.8) is 0 Å². The van der Waals surface area contributed by atoms with Crippen molar-refractivity contribution >= 4 is 22.2 Å². The minimum Gasteiger partial charge on any atom is -0.303 e. The maximum atomic E-state index is 10.9. The van der Waals surface area contributed by atoms with Gasteiger partial charge >= 0.3 is 0 Å². The lowest BCUT2D eigenvalue weighted by Crippen LogP contribution is -2.04. The third-order valence-corrected chi connectivity index (χ3v) is 2.66. The Hall–Kier alpha value is -0.630. The summed E-state index contributed by atoms with van der Waals surface area (Å²) in [5.74, 6) is 0.580. The van der Waals surface area contributed by atoms with Crippen LogP contribution in [0.15, 0.2) is 28.7 Å². The quantitative estimate of drug-likeness (QED) is 0.748. The molecular formula is C12H15BrO. The van der Waals surface area contributed by atoms with E-state index in [1.807, 2.05) is 24.3 Å². The maximum Gasteiger partial charge on any atom is 0.127 e. The number of hydrogen-bond donors (Lipinski definition) is 0. The van der Waals surface area contributed by atoms with E-state index in [4.69, 9.17) is 0 Å². The van der Waals surface area contributed by atoms with E-state index in [-0.39, 0.29) is 5.92 Å². The molecule has 0 N–H and O–H groups in total. The van der Waals surface area contributed by atoms with Crippen LogP contribution in [0.1, 0.15) is 31.7 Å². The molecule has 0 radical (unpaired) electrons. The van der Waals surface area contributed by atoms with Crippen LogP contribution in [0.3, 0.4) is 0 Å². The molecule has 76 valence electrons. The molecule has 0 aromatic heterocycles. The molecule has 0 aliphatic heterocycles. The van der Waals surface area contributed by atoms with Crippen molar-refractivity contribution in [2.45, 2.75) is 26.2 Å². The fourth-order valence-electron chi connectivity index (χ4n) is 1.52. The summed E-state index contributed by atoms with van der Waals surface area (Å²) in [6.45, 7) is 4.27. The normalized spacial score (nSPS) is 12.9. The molecule has 0 fully saturated rings. The first-order chi connectivity index (χ1) is 6.63. The topological polar surface area (TPSA) is 17.1 Å². The van der Waals surface area contributed by atoms with E-state index in [2.05, 4.69) is 29.8 Å². The molecule has 0 spiro atoms. The standard InChI is InChI=1S/C12H15BrO/c1-9(2)6-11(8-14)10-4-3-5-12(13)7-10/h3-5,7-9,11H,6H2,1-2H3. The van der Waals surface area contributed by atoms with Crippen LogP contribution >= 0.6 is 15.9 Å². The van der Waals surface area contributed by atoms with Crippen LogP contribution < -0.4 is 0 Å². The molecule has 0 heterocycles. The Morgan fingerprint density at radius 2 is 2.14 bits per heavy atom. The lowest BCUT2D eigenvalue weighted by atomic mass is 9.92. The van der Waals surface area contributed by atoms with E-state index in [0.29, 0.717) is 5.92 Å². The highest BCUT2D eigenvalue weighted by atomic mass is 79.9. The van der Waals surface area contributed by atoms with E-state index in [1.54, 1.807) is 0 Å². The molecule has 0 saturated carbocycles. The molecule has 1 aromatic carbocycles. The third kappa shape index (κ3) is 3.26. The summed E-state index contributed by atoms with van der Waals surface area (Å²) < 4.78 is 1.03. The Morgan fingerprint density at radius 3 is 2.64 bits per heavy atom. The monoisotopic (exact) mass is 254 g/mol. The van der Waals surface area contributed by atoms with Gasteiger partial charge in [0.25, 0.3) is 0 Å². The highest BCUT2D eigenvalue weighted by Crippen LogP contribution is 2.24. The summed E-state index contributed by atoms with van der Waals surface area (Å²) in [4.78, 5) is 10.9. The number of hydrogen-bond acceptors (Lipinski definition) is 1. The van der Waals surface area contributed by atoms with Crippen molar-refractivity contribution < 1.29 is 4.79 Å². The van der Waals surface area contributed by atoms with Crippen LogP contribution in [0, 0.1) is 5.92 Å². The third-order valence-electron chi connectivity index (χ3n) is 2.17. The second kappa shape index (κ2) is 5.30. The molecule has 0 aliphatic carbocycles. The Kier molecular flexibility index (Phi) is 4.33. The number of rotatable bonds is 4. The molecule has 2 heteroatoms. The van der Waals surface area contributed by atoms with Crippen molar-refractivity contribution in [2.75, 3.05) is 0 Å². The highest BCUT2D eigenvalue weighted by molar-refractivity contribution is 9.10. The average molecular weight is 255 g/mol. The second-order valence-electron chi connectivity index (χ2n) is 3.93. The smallest absolute Gasteiger partial charge is 0.127 e. The van der Waals surface area contributed by atoms with Crippen LogP contribution in [0.25, 0.3) is 0 Å². The van der Waals surface area contributed by atoms with Gasteiger partial charge in [-0.25, -0.2) is 0 Å². The van der Waals surface area contributed by atoms with Gasteiger partial charge in [0.05, 0.1) is 0 Å². The van der Waals surface area contributed by atoms with Crippen LogP contribution in [-0.4, -0.2) is 6.29 Å². The van der Waals surface area contributed by atoms with Gasteiger partial charge in [-0.2, -0.15) is 0 Å². The van der Waals surface area contributed by atoms with E-state index >= 15 is 0 Å². The Balaban J connectivity index is 2.83. The van der Waals surface area contributed by atoms with Gasteiger partial charge in [0.15, 0.2) is 0 Å². The number of halogens is 1. The average Bonchev–Trinajstić information content (AvgIpc) is 2.14. The van der Waals surface area contributed by atoms with E-state index < -0.39 is 0 Å². The van der Waals surface area contributed by atoms with E-state index in [0.717, 1.165) is 22.7 Å². The molecule has 1 aromatic rings. The molecule has 1 rings (SSSR count). The summed E-state index contributed by atoms with van der Waals surface area (Å²) in [5.41, 5.74) is 1.10. The number of carbonyl (C=O) groups is 1. The first-order valence-electron chi connectivity index (χ1n) is 4.84. The molecule has 1 nitrogen and oxygen atoms in total. The Bertz CT molecular complexity index is 307. The van der Waals surface area contributed by atoms with Gasteiger partial charge < -0.3 is 4.79 Å². The number of carbonyl (C=O) groups excluding carboxylic acids is 1. The van der Waals surface area contributed by atoms with Crippen molar-refractivity contribution in [3.8, 4) is 0 Å². The molecule has 14 heavy (non-hydrogen) atoms. The van der Waals surface area contributed by atoms with Gasteiger partial charge in [-0.05, 0) is 30.0 Å². The SMILES string of the molecule is CC(C)CC(C=O)c1cccc(Br)c1.